The van der Waals surface area contributed by atoms with Gasteiger partial charge in [-0.1, -0.05) is 151 Å². The highest BCUT2D eigenvalue weighted by atomic mass is 79.9. The molecule has 0 aliphatic rings. The Bertz CT molecular complexity index is 307. The Hall–Kier alpha value is -0.0500. The second-order valence-corrected chi connectivity index (χ2v) is 9.42. The van der Waals surface area contributed by atoms with Crippen LogP contribution >= 0.6 is 15.9 Å². The van der Waals surface area contributed by atoms with Crippen LogP contribution in [0.15, 0.2) is 0 Å². The third-order valence-corrected chi connectivity index (χ3v) is 6.43. The van der Waals surface area contributed by atoms with Crippen LogP contribution in [-0.4, -0.2) is 15.9 Å². The maximum absolute atomic E-state index is 10.7. The molecule has 27 heavy (non-hydrogen) atoms. The van der Waals surface area contributed by atoms with Gasteiger partial charge >= 0.3 is 5.97 Å². The van der Waals surface area contributed by atoms with E-state index in [2.05, 4.69) is 22.9 Å². The van der Waals surface area contributed by atoms with E-state index in [0.29, 0.717) is 0 Å². The molecule has 0 saturated carbocycles. The molecule has 0 bridgehead atoms. The van der Waals surface area contributed by atoms with Crippen molar-refractivity contribution in [1.82, 2.24) is 0 Å². The van der Waals surface area contributed by atoms with Gasteiger partial charge in [0.25, 0.3) is 0 Å². The molecular weight excluding hydrogens is 400 g/mol. The zero-order valence-electron chi connectivity index (χ0n) is 18.2. The zero-order valence-corrected chi connectivity index (χ0v) is 19.7. The quantitative estimate of drug-likeness (QED) is 0.133. The number of carboxylic acid groups (broad SMARTS) is 1. The largest absolute Gasteiger partial charge is 0.480 e. The first-order valence-electron chi connectivity index (χ1n) is 12.0. The van der Waals surface area contributed by atoms with Gasteiger partial charge in [-0.15, -0.1) is 0 Å². The molecule has 1 N–H and O–H groups in total. The van der Waals surface area contributed by atoms with Crippen molar-refractivity contribution >= 4 is 21.9 Å². The molecular formula is C24H47BrO2. The lowest BCUT2D eigenvalue weighted by Crippen LogP contribution is -2.11. The summed E-state index contributed by atoms with van der Waals surface area (Å²) in [6.07, 6.45) is 28.4. The molecule has 0 spiro atoms. The predicted molar refractivity (Wildman–Crippen MR) is 123 cm³/mol. The van der Waals surface area contributed by atoms with Crippen molar-refractivity contribution in [2.45, 2.75) is 147 Å². The minimum atomic E-state index is -0.729. The molecule has 0 aromatic heterocycles. The smallest absolute Gasteiger partial charge is 0.317 e. The summed E-state index contributed by atoms with van der Waals surface area (Å²) in [6, 6.07) is 0. The molecule has 0 saturated heterocycles. The van der Waals surface area contributed by atoms with Gasteiger partial charge in [0, 0.05) is 0 Å². The monoisotopic (exact) mass is 446 g/mol. The highest BCUT2D eigenvalue weighted by molar-refractivity contribution is 9.10. The third-order valence-electron chi connectivity index (χ3n) is 5.58. The van der Waals surface area contributed by atoms with E-state index in [4.69, 9.17) is 5.11 Å². The predicted octanol–water partition coefficient (Wildman–Crippen LogP) is 9.05. The summed E-state index contributed by atoms with van der Waals surface area (Å²) in [6.45, 7) is 2.29. The number of aliphatic carboxylic acids is 1. The minimum absolute atomic E-state index is 0.354. The number of rotatable bonds is 22. The first kappa shape index (κ1) is 27.0. The Kier molecular flexibility index (Phi) is 22.2. The molecule has 0 radical (unpaired) electrons. The lowest BCUT2D eigenvalue weighted by molar-refractivity contribution is -0.136. The van der Waals surface area contributed by atoms with Crippen molar-refractivity contribution in [3.63, 3.8) is 0 Å². The maximum atomic E-state index is 10.7. The van der Waals surface area contributed by atoms with Crippen LogP contribution in [0.3, 0.4) is 0 Å². The van der Waals surface area contributed by atoms with Crippen molar-refractivity contribution in [2.75, 3.05) is 0 Å². The van der Waals surface area contributed by atoms with E-state index in [1.165, 1.54) is 122 Å². The molecule has 0 aromatic carbocycles. The lowest BCUT2D eigenvalue weighted by Gasteiger charge is -2.05. The number of hydrogen-bond acceptors (Lipinski definition) is 1. The van der Waals surface area contributed by atoms with Gasteiger partial charge in [-0.25, -0.2) is 0 Å². The van der Waals surface area contributed by atoms with Crippen LogP contribution in [0.1, 0.15) is 142 Å². The van der Waals surface area contributed by atoms with Crippen molar-refractivity contribution in [3.8, 4) is 0 Å². The first-order chi connectivity index (χ1) is 13.2. The molecule has 2 nitrogen and oxygen atoms in total. The minimum Gasteiger partial charge on any atom is -0.480 e. The number of unbranched alkanes of at least 4 members (excludes halogenated alkanes) is 19. The average molecular weight is 448 g/mol. The molecule has 1 unspecified atom stereocenters. The van der Waals surface area contributed by atoms with Crippen LogP contribution in [0.4, 0.5) is 0 Å². The summed E-state index contributed by atoms with van der Waals surface area (Å²) in [5.41, 5.74) is 0. The number of halogens is 1. The first-order valence-corrected chi connectivity index (χ1v) is 13.0. The van der Waals surface area contributed by atoms with Gasteiger partial charge in [-0.2, -0.15) is 0 Å². The fourth-order valence-electron chi connectivity index (χ4n) is 3.70. The van der Waals surface area contributed by atoms with Gasteiger partial charge in [-0.3, -0.25) is 4.79 Å². The van der Waals surface area contributed by atoms with Crippen molar-refractivity contribution in [3.05, 3.63) is 0 Å². The second-order valence-electron chi connectivity index (χ2n) is 8.31. The van der Waals surface area contributed by atoms with Crippen molar-refractivity contribution in [1.29, 1.82) is 0 Å². The molecule has 0 aliphatic heterocycles. The van der Waals surface area contributed by atoms with Gasteiger partial charge in [0.05, 0.1) is 0 Å². The lowest BCUT2D eigenvalue weighted by atomic mass is 10.0. The molecule has 0 aromatic rings. The third kappa shape index (κ3) is 22.1. The van der Waals surface area contributed by atoms with Crippen LogP contribution < -0.4 is 0 Å². The van der Waals surface area contributed by atoms with Crippen LogP contribution in [0.5, 0.6) is 0 Å². The summed E-state index contributed by atoms with van der Waals surface area (Å²) in [4.78, 5) is 10.3. The molecule has 0 heterocycles. The SMILES string of the molecule is CCCCCCCCCCCCCCCCCCCCCCC(Br)C(=O)O. The number of carbonyl (C=O) groups is 1. The van der Waals surface area contributed by atoms with Crippen LogP contribution in [0, 0.1) is 0 Å². The topological polar surface area (TPSA) is 37.3 Å². The van der Waals surface area contributed by atoms with Crippen LogP contribution in [0.25, 0.3) is 0 Å². The normalized spacial score (nSPS) is 12.4. The van der Waals surface area contributed by atoms with E-state index >= 15 is 0 Å². The fourth-order valence-corrected chi connectivity index (χ4v) is 4.03. The van der Waals surface area contributed by atoms with E-state index in [0.717, 1.165) is 12.8 Å². The van der Waals surface area contributed by atoms with E-state index in [1.54, 1.807) is 0 Å². The molecule has 162 valence electrons. The Morgan fingerprint density at radius 3 is 1.11 bits per heavy atom. The molecule has 0 fully saturated rings. The van der Waals surface area contributed by atoms with Gasteiger partial charge in [-0.05, 0) is 6.42 Å². The Labute approximate surface area is 178 Å². The van der Waals surface area contributed by atoms with Crippen LogP contribution in [-0.2, 0) is 4.79 Å². The van der Waals surface area contributed by atoms with E-state index in [1.807, 2.05) is 0 Å². The van der Waals surface area contributed by atoms with Gasteiger partial charge in [0.1, 0.15) is 4.83 Å². The Morgan fingerprint density at radius 1 is 0.593 bits per heavy atom. The van der Waals surface area contributed by atoms with Gasteiger partial charge in [0.15, 0.2) is 0 Å². The molecule has 0 aliphatic carbocycles. The number of alkyl halides is 1. The highest BCUT2D eigenvalue weighted by Gasteiger charge is 2.11. The second kappa shape index (κ2) is 22.2. The highest BCUT2D eigenvalue weighted by Crippen LogP contribution is 2.16. The van der Waals surface area contributed by atoms with E-state index in [-0.39, 0.29) is 4.83 Å². The maximum Gasteiger partial charge on any atom is 0.317 e. The number of hydrogen-bond donors (Lipinski definition) is 1. The summed E-state index contributed by atoms with van der Waals surface area (Å²) < 4.78 is 0. The van der Waals surface area contributed by atoms with Gasteiger partial charge < -0.3 is 5.11 Å². The molecule has 0 amide bonds. The van der Waals surface area contributed by atoms with Gasteiger partial charge in [0.2, 0.25) is 0 Å². The van der Waals surface area contributed by atoms with Crippen molar-refractivity contribution < 1.29 is 9.90 Å². The summed E-state index contributed by atoms with van der Waals surface area (Å²) in [7, 11) is 0. The Morgan fingerprint density at radius 2 is 0.852 bits per heavy atom. The summed E-state index contributed by atoms with van der Waals surface area (Å²) in [5, 5.41) is 8.79. The average Bonchev–Trinajstić information content (AvgIpc) is 2.66. The van der Waals surface area contributed by atoms with E-state index < -0.39 is 5.97 Å². The van der Waals surface area contributed by atoms with E-state index in [9.17, 15) is 4.79 Å². The summed E-state index contributed by atoms with van der Waals surface area (Å²) >= 11 is 3.20. The number of carboxylic acids is 1. The molecule has 0 rings (SSSR count). The zero-order chi connectivity index (χ0) is 20.0. The molecule has 3 heteroatoms. The van der Waals surface area contributed by atoms with Crippen molar-refractivity contribution in [2.24, 2.45) is 0 Å². The van der Waals surface area contributed by atoms with Crippen LogP contribution in [0.2, 0.25) is 0 Å². The standard InChI is InChI=1S/C24H47BrO2/c1-2-3-4-5-6-7-8-9-10-11-12-13-14-15-16-17-18-19-20-21-22-23(25)24(26)27/h23H,2-22H2,1H3,(H,26,27). The summed E-state index contributed by atoms with van der Waals surface area (Å²) in [5.74, 6) is -0.729. The fraction of sp³-hybridized carbons (Fsp3) is 0.958. The molecule has 1 atom stereocenters. The Balaban J connectivity index is 3.04.